The van der Waals surface area contributed by atoms with Gasteiger partial charge in [0.2, 0.25) is 5.91 Å². The van der Waals surface area contributed by atoms with Gasteiger partial charge in [-0.05, 0) is 18.9 Å². The lowest BCUT2D eigenvalue weighted by Gasteiger charge is -2.23. The van der Waals surface area contributed by atoms with Crippen LogP contribution in [0.3, 0.4) is 0 Å². The summed E-state index contributed by atoms with van der Waals surface area (Å²) in [5.74, 6) is 0.239. The van der Waals surface area contributed by atoms with Crippen LogP contribution < -0.4 is 10.6 Å². The van der Waals surface area contributed by atoms with Gasteiger partial charge < -0.3 is 15.7 Å². The Morgan fingerprint density at radius 1 is 1.37 bits per heavy atom. The molecule has 4 heteroatoms. The van der Waals surface area contributed by atoms with Crippen LogP contribution in [0.5, 0.6) is 0 Å². The summed E-state index contributed by atoms with van der Waals surface area (Å²) in [5, 5.41) is 15.5. The summed E-state index contributed by atoms with van der Waals surface area (Å²) in [7, 11) is 0. The van der Waals surface area contributed by atoms with E-state index in [2.05, 4.69) is 29.7 Å². The van der Waals surface area contributed by atoms with Crippen molar-refractivity contribution >= 4 is 5.91 Å². The average molecular weight is 262 g/mol. The highest BCUT2D eigenvalue weighted by atomic mass is 16.3. The summed E-state index contributed by atoms with van der Waals surface area (Å²) in [6.07, 6.45) is 0.0933. The maximum Gasteiger partial charge on any atom is 0.237 e. The average Bonchev–Trinajstić information content (AvgIpc) is 2.85. The second-order valence-electron chi connectivity index (χ2n) is 5.35. The summed E-state index contributed by atoms with van der Waals surface area (Å²) in [6.45, 7) is 4.62. The van der Waals surface area contributed by atoms with Crippen molar-refractivity contribution in [2.45, 2.75) is 44.4 Å². The van der Waals surface area contributed by atoms with Crippen LogP contribution in [0, 0.1) is 0 Å². The Hall–Kier alpha value is -1.39. The van der Waals surface area contributed by atoms with Crippen molar-refractivity contribution in [3.8, 4) is 0 Å². The quantitative estimate of drug-likeness (QED) is 0.759. The number of rotatable bonds is 4. The monoisotopic (exact) mass is 262 g/mol. The molecule has 0 radical (unpaired) electrons. The molecule has 1 saturated heterocycles. The molecule has 1 aliphatic rings. The number of hydrogen-bond acceptors (Lipinski definition) is 3. The van der Waals surface area contributed by atoms with Gasteiger partial charge in [0.05, 0.1) is 12.1 Å². The van der Waals surface area contributed by atoms with Crippen LogP contribution in [0.25, 0.3) is 0 Å². The molecule has 0 aliphatic carbocycles. The van der Waals surface area contributed by atoms with Crippen LogP contribution in [0.15, 0.2) is 30.3 Å². The number of carbonyl (C=O) groups is 1. The number of amides is 1. The third-order valence-electron chi connectivity index (χ3n) is 3.87. The van der Waals surface area contributed by atoms with E-state index in [9.17, 15) is 9.90 Å². The molecule has 1 aromatic carbocycles. The predicted molar refractivity (Wildman–Crippen MR) is 74.9 cm³/mol. The van der Waals surface area contributed by atoms with Crippen molar-refractivity contribution in [1.29, 1.82) is 0 Å². The number of benzene rings is 1. The smallest absolute Gasteiger partial charge is 0.237 e. The van der Waals surface area contributed by atoms with Gasteiger partial charge >= 0.3 is 0 Å². The van der Waals surface area contributed by atoms with Crippen molar-refractivity contribution in [1.82, 2.24) is 10.6 Å². The van der Waals surface area contributed by atoms with Crippen molar-refractivity contribution in [2.75, 3.05) is 6.54 Å². The fraction of sp³-hybridized carbons (Fsp3) is 0.533. The number of carbonyl (C=O) groups excluding carboxylic acids is 1. The Morgan fingerprint density at radius 2 is 2.05 bits per heavy atom. The molecule has 0 saturated carbocycles. The van der Waals surface area contributed by atoms with Gasteiger partial charge in [-0.25, -0.2) is 0 Å². The maximum absolute atomic E-state index is 12.1. The lowest BCUT2D eigenvalue weighted by atomic mass is 9.94. The normalized spacial score (nSPS) is 25.8. The van der Waals surface area contributed by atoms with E-state index >= 15 is 0 Å². The molecule has 1 fully saturated rings. The van der Waals surface area contributed by atoms with Crippen molar-refractivity contribution in [3.05, 3.63) is 35.9 Å². The molecular weight excluding hydrogens is 240 g/mol. The second kappa shape index (κ2) is 6.17. The highest BCUT2D eigenvalue weighted by molar-refractivity contribution is 5.82. The van der Waals surface area contributed by atoms with Crippen LogP contribution in [0.2, 0.25) is 0 Å². The number of aliphatic hydroxyl groups is 1. The number of aliphatic hydroxyl groups excluding tert-OH is 1. The van der Waals surface area contributed by atoms with E-state index in [1.165, 1.54) is 5.56 Å². The highest BCUT2D eigenvalue weighted by Gasteiger charge is 2.29. The Kier molecular flexibility index (Phi) is 4.56. The molecule has 104 valence electrons. The number of hydrogen-bond donors (Lipinski definition) is 3. The minimum absolute atomic E-state index is 0.0215. The molecule has 19 heavy (non-hydrogen) atoms. The van der Waals surface area contributed by atoms with Gasteiger partial charge in [0, 0.05) is 18.5 Å². The summed E-state index contributed by atoms with van der Waals surface area (Å²) < 4.78 is 0. The van der Waals surface area contributed by atoms with Gasteiger partial charge in [-0.1, -0.05) is 37.3 Å². The summed E-state index contributed by atoms with van der Waals surface area (Å²) >= 11 is 0. The molecule has 1 aliphatic heterocycles. The summed E-state index contributed by atoms with van der Waals surface area (Å²) in [6, 6.07) is 9.96. The summed E-state index contributed by atoms with van der Waals surface area (Å²) in [4.78, 5) is 12.1. The molecule has 0 bridgehead atoms. The Balaban J connectivity index is 1.90. The van der Waals surface area contributed by atoms with E-state index < -0.39 is 6.10 Å². The van der Waals surface area contributed by atoms with Gasteiger partial charge in [0.25, 0.3) is 0 Å². The third kappa shape index (κ3) is 3.55. The number of β-amino-alcohol motifs (C(OH)–C–C–N with tert-alkyl or cyclic N) is 1. The van der Waals surface area contributed by atoms with Crippen molar-refractivity contribution < 1.29 is 9.90 Å². The molecule has 4 unspecified atom stereocenters. The summed E-state index contributed by atoms with van der Waals surface area (Å²) in [5.41, 5.74) is 1.22. The van der Waals surface area contributed by atoms with Crippen LogP contribution in [-0.4, -0.2) is 35.7 Å². The maximum atomic E-state index is 12.1. The number of nitrogens with one attached hydrogen (secondary N) is 2. The molecule has 0 aromatic heterocycles. The fourth-order valence-corrected chi connectivity index (χ4v) is 2.41. The van der Waals surface area contributed by atoms with Gasteiger partial charge in [-0.2, -0.15) is 0 Å². The topological polar surface area (TPSA) is 61.4 Å². The molecular formula is C15H22N2O2. The minimum Gasteiger partial charge on any atom is -0.392 e. The second-order valence-corrected chi connectivity index (χ2v) is 5.35. The van der Waals surface area contributed by atoms with Crippen molar-refractivity contribution in [2.24, 2.45) is 0 Å². The Morgan fingerprint density at radius 3 is 2.63 bits per heavy atom. The molecule has 4 nitrogen and oxygen atoms in total. The Labute approximate surface area is 114 Å². The molecule has 3 N–H and O–H groups in total. The van der Waals surface area contributed by atoms with E-state index in [0.29, 0.717) is 13.0 Å². The SMILES string of the molecule is CC(NC(=O)C1CC(O)CN1)C(C)c1ccccc1. The molecule has 0 spiro atoms. The van der Waals surface area contributed by atoms with E-state index in [0.717, 1.165) is 0 Å². The first-order valence-electron chi connectivity index (χ1n) is 6.84. The van der Waals surface area contributed by atoms with Crippen LogP contribution in [0.1, 0.15) is 31.7 Å². The van der Waals surface area contributed by atoms with Gasteiger partial charge in [0.15, 0.2) is 0 Å². The molecule has 1 amide bonds. The van der Waals surface area contributed by atoms with Crippen LogP contribution in [-0.2, 0) is 4.79 Å². The van der Waals surface area contributed by atoms with Crippen molar-refractivity contribution in [3.63, 3.8) is 0 Å². The van der Waals surface area contributed by atoms with E-state index in [1.54, 1.807) is 0 Å². The highest BCUT2D eigenvalue weighted by Crippen LogP contribution is 2.19. The van der Waals surface area contributed by atoms with Gasteiger partial charge in [-0.3, -0.25) is 4.79 Å². The largest absolute Gasteiger partial charge is 0.392 e. The molecule has 1 aromatic rings. The lowest BCUT2D eigenvalue weighted by Crippen LogP contribution is -2.45. The van der Waals surface area contributed by atoms with Crippen LogP contribution >= 0.6 is 0 Å². The predicted octanol–water partition coefficient (Wildman–Crippen LogP) is 1.02. The van der Waals surface area contributed by atoms with Gasteiger partial charge in [0.1, 0.15) is 0 Å². The minimum atomic E-state index is -0.405. The zero-order valence-corrected chi connectivity index (χ0v) is 11.5. The van der Waals surface area contributed by atoms with E-state index in [1.807, 2.05) is 25.1 Å². The standard InChI is InChI=1S/C15H22N2O2/c1-10(12-6-4-3-5-7-12)11(2)17-15(19)14-8-13(18)9-16-14/h3-7,10-11,13-14,16,18H,8-9H2,1-2H3,(H,17,19). The molecule has 1 heterocycles. The third-order valence-corrected chi connectivity index (χ3v) is 3.87. The first-order valence-corrected chi connectivity index (χ1v) is 6.84. The zero-order valence-electron chi connectivity index (χ0n) is 11.5. The molecule has 4 atom stereocenters. The van der Waals surface area contributed by atoms with E-state index in [-0.39, 0.29) is 23.9 Å². The van der Waals surface area contributed by atoms with Crippen LogP contribution in [0.4, 0.5) is 0 Å². The first-order chi connectivity index (χ1) is 9.08. The first kappa shape index (κ1) is 14.0. The van der Waals surface area contributed by atoms with Gasteiger partial charge in [-0.15, -0.1) is 0 Å². The fourth-order valence-electron chi connectivity index (χ4n) is 2.41. The zero-order chi connectivity index (χ0) is 13.8. The van der Waals surface area contributed by atoms with E-state index in [4.69, 9.17) is 0 Å². The lowest BCUT2D eigenvalue weighted by molar-refractivity contribution is -0.123. The Bertz CT molecular complexity index is 421. The molecule has 2 rings (SSSR count).